The Hall–Kier alpha value is -3.16. The number of para-hydroxylation sites is 2. The lowest BCUT2D eigenvalue weighted by molar-refractivity contribution is -0.147. The summed E-state index contributed by atoms with van der Waals surface area (Å²) in [6.45, 7) is -0.520. The smallest absolute Gasteiger partial charge is 0.311 e. The van der Waals surface area contributed by atoms with Crippen molar-refractivity contribution in [1.29, 1.82) is 0 Å². The molecule has 138 valence electrons. The zero-order valence-corrected chi connectivity index (χ0v) is 14.1. The van der Waals surface area contributed by atoms with Crippen LogP contribution in [0.5, 0.6) is 0 Å². The first kappa shape index (κ1) is 17.3. The third-order valence-corrected chi connectivity index (χ3v) is 4.48. The summed E-state index contributed by atoms with van der Waals surface area (Å²) in [5, 5.41) is 4.12. The topological polar surface area (TPSA) is 59.3 Å². The summed E-state index contributed by atoms with van der Waals surface area (Å²) >= 11 is 0. The lowest BCUT2D eigenvalue weighted by Gasteiger charge is -2.10. The number of imidazole rings is 1. The van der Waals surface area contributed by atoms with Gasteiger partial charge in [-0.05, 0) is 30.5 Å². The molecule has 0 fully saturated rings. The molecule has 0 aliphatic heterocycles. The summed E-state index contributed by atoms with van der Waals surface area (Å²) in [5.41, 5.74) is 5.65. The number of hydrazone groups is 1. The molecule has 0 atom stereocenters. The molecule has 0 saturated carbocycles. The number of aromatic nitrogens is 2. The molecule has 1 amide bonds. The number of fused-ring (bicyclic) bond motifs is 2. The molecule has 8 heteroatoms. The predicted molar refractivity (Wildman–Crippen MR) is 94.2 cm³/mol. The standard InChI is InChI=1S/C19H15F3N4O/c20-19(21,22)18-23-15-7-3-4-8-16(15)26(18)11-17(27)25-24-14-10-9-12-5-1-2-6-13(12)14/h1-8H,9-11H2,(H,25,27). The Morgan fingerprint density at radius 1 is 1.11 bits per heavy atom. The van der Waals surface area contributed by atoms with Crippen molar-refractivity contribution in [2.24, 2.45) is 5.10 Å². The second-order valence-electron chi connectivity index (χ2n) is 6.26. The Kier molecular flexibility index (Phi) is 4.18. The fourth-order valence-electron chi connectivity index (χ4n) is 3.28. The Bertz CT molecular complexity index is 1050. The van der Waals surface area contributed by atoms with Crippen LogP contribution in [0.3, 0.4) is 0 Å². The van der Waals surface area contributed by atoms with E-state index in [2.05, 4.69) is 15.5 Å². The number of alkyl halides is 3. The van der Waals surface area contributed by atoms with Gasteiger partial charge in [0.2, 0.25) is 5.82 Å². The van der Waals surface area contributed by atoms with Gasteiger partial charge >= 0.3 is 6.18 Å². The number of halogens is 3. The summed E-state index contributed by atoms with van der Waals surface area (Å²) in [4.78, 5) is 15.9. The minimum atomic E-state index is -4.66. The first-order valence-corrected chi connectivity index (χ1v) is 8.39. The van der Waals surface area contributed by atoms with Crippen LogP contribution in [-0.4, -0.2) is 21.2 Å². The first-order valence-electron chi connectivity index (χ1n) is 8.39. The minimum absolute atomic E-state index is 0.189. The van der Waals surface area contributed by atoms with Crippen LogP contribution in [0.25, 0.3) is 11.0 Å². The highest BCUT2D eigenvalue weighted by Gasteiger charge is 2.38. The van der Waals surface area contributed by atoms with Crippen molar-refractivity contribution in [3.63, 3.8) is 0 Å². The van der Waals surface area contributed by atoms with E-state index in [1.165, 1.54) is 12.1 Å². The van der Waals surface area contributed by atoms with E-state index >= 15 is 0 Å². The van der Waals surface area contributed by atoms with E-state index in [1.54, 1.807) is 12.1 Å². The number of amides is 1. The van der Waals surface area contributed by atoms with Crippen molar-refractivity contribution >= 4 is 22.7 Å². The lowest BCUT2D eigenvalue weighted by Crippen LogP contribution is -2.27. The van der Waals surface area contributed by atoms with Crippen molar-refractivity contribution < 1.29 is 18.0 Å². The number of carbonyl (C=O) groups is 1. The van der Waals surface area contributed by atoms with Gasteiger partial charge in [-0.3, -0.25) is 4.79 Å². The quantitative estimate of drug-likeness (QED) is 0.715. The molecule has 0 unspecified atom stereocenters. The van der Waals surface area contributed by atoms with Crippen LogP contribution in [0, 0.1) is 0 Å². The fourth-order valence-corrected chi connectivity index (χ4v) is 3.28. The average molecular weight is 372 g/mol. The normalized spacial score (nSPS) is 15.3. The van der Waals surface area contributed by atoms with Gasteiger partial charge in [-0.25, -0.2) is 10.4 Å². The van der Waals surface area contributed by atoms with Crippen LogP contribution >= 0.6 is 0 Å². The van der Waals surface area contributed by atoms with Gasteiger partial charge in [0.25, 0.3) is 5.91 Å². The van der Waals surface area contributed by atoms with E-state index in [0.29, 0.717) is 6.42 Å². The molecule has 1 aliphatic rings. The zero-order chi connectivity index (χ0) is 19.0. The van der Waals surface area contributed by atoms with Gasteiger partial charge in [0.1, 0.15) is 6.54 Å². The molecule has 0 radical (unpaired) electrons. The van der Waals surface area contributed by atoms with Crippen LogP contribution in [-0.2, 0) is 23.9 Å². The number of hydrogen-bond acceptors (Lipinski definition) is 3. The number of aryl methyl sites for hydroxylation is 1. The van der Waals surface area contributed by atoms with Gasteiger partial charge in [-0.1, -0.05) is 36.4 Å². The molecule has 27 heavy (non-hydrogen) atoms. The summed E-state index contributed by atoms with van der Waals surface area (Å²) in [7, 11) is 0. The van der Waals surface area contributed by atoms with Crippen molar-refractivity contribution in [3.05, 3.63) is 65.5 Å². The molecule has 1 heterocycles. The van der Waals surface area contributed by atoms with E-state index in [0.717, 1.165) is 27.8 Å². The predicted octanol–water partition coefficient (Wildman–Crippen LogP) is 3.52. The third-order valence-electron chi connectivity index (χ3n) is 4.48. The maximum absolute atomic E-state index is 13.3. The third kappa shape index (κ3) is 3.30. The summed E-state index contributed by atoms with van der Waals surface area (Å²) in [6.07, 6.45) is -3.15. The molecule has 3 aromatic rings. The second-order valence-corrected chi connectivity index (χ2v) is 6.26. The van der Waals surface area contributed by atoms with E-state index in [4.69, 9.17) is 0 Å². The Morgan fingerprint density at radius 2 is 1.85 bits per heavy atom. The van der Waals surface area contributed by atoms with Gasteiger partial charge in [0, 0.05) is 5.56 Å². The number of carbonyl (C=O) groups excluding carboxylic acids is 1. The van der Waals surface area contributed by atoms with Crippen molar-refractivity contribution in [1.82, 2.24) is 15.0 Å². The molecular weight excluding hydrogens is 357 g/mol. The van der Waals surface area contributed by atoms with Gasteiger partial charge < -0.3 is 4.57 Å². The Morgan fingerprint density at radius 3 is 2.67 bits per heavy atom. The summed E-state index contributed by atoms with van der Waals surface area (Å²) < 4.78 is 40.7. The van der Waals surface area contributed by atoms with Crippen molar-refractivity contribution in [3.8, 4) is 0 Å². The van der Waals surface area contributed by atoms with Gasteiger partial charge in [0.15, 0.2) is 0 Å². The molecule has 1 aromatic heterocycles. The maximum Gasteiger partial charge on any atom is 0.449 e. The van der Waals surface area contributed by atoms with Crippen molar-refractivity contribution in [2.75, 3.05) is 0 Å². The molecule has 0 bridgehead atoms. The van der Waals surface area contributed by atoms with Gasteiger partial charge in [-0.2, -0.15) is 18.3 Å². The zero-order valence-electron chi connectivity index (χ0n) is 14.1. The number of nitrogens with zero attached hydrogens (tertiary/aromatic N) is 3. The van der Waals surface area contributed by atoms with E-state index < -0.39 is 24.5 Å². The highest BCUT2D eigenvalue weighted by Crippen LogP contribution is 2.31. The highest BCUT2D eigenvalue weighted by molar-refractivity contribution is 6.04. The largest absolute Gasteiger partial charge is 0.449 e. The molecule has 0 saturated heterocycles. The summed E-state index contributed by atoms with van der Waals surface area (Å²) in [5.74, 6) is -1.74. The van der Waals surface area contributed by atoms with Crippen LogP contribution in [0.4, 0.5) is 13.2 Å². The molecule has 0 spiro atoms. The monoisotopic (exact) mass is 372 g/mol. The fraction of sp³-hybridized carbons (Fsp3) is 0.211. The van der Waals surface area contributed by atoms with Gasteiger partial charge in [-0.15, -0.1) is 0 Å². The lowest BCUT2D eigenvalue weighted by atomic mass is 10.1. The maximum atomic E-state index is 13.3. The number of benzene rings is 2. The number of hydrogen-bond donors (Lipinski definition) is 1. The van der Waals surface area contributed by atoms with Crippen molar-refractivity contribution in [2.45, 2.75) is 25.6 Å². The van der Waals surface area contributed by atoms with Crippen LogP contribution in [0.1, 0.15) is 23.4 Å². The van der Waals surface area contributed by atoms with Crippen LogP contribution in [0.2, 0.25) is 0 Å². The van der Waals surface area contributed by atoms with E-state index in [-0.39, 0.29) is 11.0 Å². The SMILES string of the molecule is O=C(Cn1c(C(F)(F)F)nc2ccccc21)NN=C1CCc2ccccc21. The summed E-state index contributed by atoms with van der Waals surface area (Å²) in [6, 6.07) is 13.9. The molecule has 1 aliphatic carbocycles. The number of rotatable bonds is 3. The van der Waals surface area contributed by atoms with Crippen LogP contribution in [0.15, 0.2) is 53.6 Å². The molecule has 2 aromatic carbocycles. The first-order chi connectivity index (χ1) is 12.9. The highest BCUT2D eigenvalue weighted by atomic mass is 19.4. The Balaban J connectivity index is 1.58. The van der Waals surface area contributed by atoms with Crippen LogP contribution < -0.4 is 5.43 Å². The van der Waals surface area contributed by atoms with E-state index in [1.807, 2.05) is 24.3 Å². The molecule has 4 rings (SSSR count). The van der Waals surface area contributed by atoms with Gasteiger partial charge in [0.05, 0.1) is 16.7 Å². The van der Waals surface area contributed by atoms with E-state index in [9.17, 15) is 18.0 Å². The Labute approximate surface area is 152 Å². The average Bonchev–Trinajstić information content (AvgIpc) is 3.22. The molecular formula is C19H15F3N4O. The minimum Gasteiger partial charge on any atom is -0.311 e. The second kappa shape index (κ2) is 6.53. The molecule has 5 nitrogen and oxygen atoms in total. The molecule has 1 N–H and O–H groups in total. The number of nitrogens with one attached hydrogen (secondary N) is 1.